The van der Waals surface area contributed by atoms with Crippen LogP contribution in [-0.4, -0.2) is 17.4 Å². The molecular weight excluding hydrogens is 257 g/mol. The van der Waals surface area contributed by atoms with E-state index in [1.807, 2.05) is 12.1 Å². The Morgan fingerprint density at radius 2 is 2.25 bits per heavy atom. The van der Waals surface area contributed by atoms with Gasteiger partial charge in [0.2, 0.25) is 0 Å². The van der Waals surface area contributed by atoms with Crippen molar-refractivity contribution in [3.8, 4) is 0 Å². The van der Waals surface area contributed by atoms with Crippen LogP contribution in [0.5, 0.6) is 0 Å². The number of hydrogen-bond acceptors (Lipinski definition) is 3. The quantitative estimate of drug-likeness (QED) is 0.838. The van der Waals surface area contributed by atoms with Crippen molar-refractivity contribution in [1.29, 1.82) is 0 Å². The molecule has 0 atom stereocenters. The summed E-state index contributed by atoms with van der Waals surface area (Å²) < 4.78 is 13.9. The van der Waals surface area contributed by atoms with E-state index in [1.54, 1.807) is 19.3 Å². The predicted molar refractivity (Wildman–Crippen MR) is 75.8 cm³/mol. The van der Waals surface area contributed by atoms with Gasteiger partial charge in [-0.3, -0.25) is 9.78 Å². The number of nitrogen functional groups attached to an aromatic ring is 1. The second-order valence-electron chi connectivity index (χ2n) is 4.57. The molecule has 3 N–H and O–H groups in total. The molecule has 0 aliphatic rings. The lowest BCUT2D eigenvalue weighted by Gasteiger charge is -2.08. The van der Waals surface area contributed by atoms with Crippen LogP contribution in [0.1, 0.15) is 21.5 Å². The Morgan fingerprint density at radius 3 is 2.95 bits per heavy atom. The number of carbonyl (C=O) groups excluding carboxylic acids is 1. The zero-order valence-electron chi connectivity index (χ0n) is 11.2. The van der Waals surface area contributed by atoms with Crippen LogP contribution in [0.25, 0.3) is 0 Å². The van der Waals surface area contributed by atoms with Gasteiger partial charge in [-0.2, -0.15) is 0 Å². The number of nitrogens with one attached hydrogen (secondary N) is 1. The minimum absolute atomic E-state index is 0.0197. The average molecular weight is 273 g/mol. The van der Waals surface area contributed by atoms with Crippen LogP contribution in [0.15, 0.2) is 36.7 Å². The van der Waals surface area contributed by atoms with E-state index in [1.165, 1.54) is 12.1 Å². The third-order valence-electron chi connectivity index (χ3n) is 2.94. The van der Waals surface area contributed by atoms with E-state index in [2.05, 4.69) is 10.3 Å². The molecule has 1 amide bonds. The first-order chi connectivity index (χ1) is 9.58. The Balaban J connectivity index is 1.99. The SMILES string of the molecule is Cc1cc(N)cc(C(=O)NCCc2cccnc2)c1F. The Bertz CT molecular complexity index is 614. The van der Waals surface area contributed by atoms with E-state index in [4.69, 9.17) is 5.73 Å². The number of benzene rings is 1. The van der Waals surface area contributed by atoms with Crippen molar-refractivity contribution < 1.29 is 9.18 Å². The Morgan fingerprint density at radius 1 is 1.45 bits per heavy atom. The minimum atomic E-state index is -0.530. The van der Waals surface area contributed by atoms with Crippen molar-refractivity contribution in [1.82, 2.24) is 10.3 Å². The summed E-state index contributed by atoms with van der Waals surface area (Å²) in [5.41, 5.74) is 7.36. The molecule has 0 saturated carbocycles. The zero-order chi connectivity index (χ0) is 14.5. The van der Waals surface area contributed by atoms with Crippen molar-refractivity contribution in [3.05, 3.63) is 59.2 Å². The van der Waals surface area contributed by atoms with Gasteiger partial charge in [-0.15, -0.1) is 0 Å². The Hall–Kier alpha value is -2.43. The van der Waals surface area contributed by atoms with Gasteiger partial charge in [0.25, 0.3) is 5.91 Å². The van der Waals surface area contributed by atoms with Gasteiger partial charge >= 0.3 is 0 Å². The van der Waals surface area contributed by atoms with Gasteiger partial charge in [0.1, 0.15) is 5.82 Å². The summed E-state index contributed by atoms with van der Waals surface area (Å²) in [5.74, 6) is -0.986. The van der Waals surface area contributed by atoms with Gasteiger partial charge in [0.05, 0.1) is 5.56 Å². The van der Waals surface area contributed by atoms with Crippen molar-refractivity contribution in [2.45, 2.75) is 13.3 Å². The highest BCUT2D eigenvalue weighted by Gasteiger charge is 2.14. The van der Waals surface area contributed by atoms with E-state index < -0.39 is 11.7 Å². The van der Waals surface area contributed by atoms with E-state index in [0.717, 1.165) is 5.56 Å². The molecule has 0 aliphatic carbocycles. The van der Waals surface area contributed by atoms with Gasteiger partial charge in [0, 0.05) is 24.6 Å². The number of rotatable bonds is 4. The third-order valence-corrected chi connectivity index (χ3v) is 2.94. The van der Waals surface area contributed by atoms with Gasteiger partial charge in [0.15, 0.2) is 0 Å². The highest BCUT2D eigenvalue weighted by Crippen LogP contribution is 2.16. The number of halogens is 1. The van der Waals surface area contributed by atoms with Crippen LogP contribution in [-0.2, 0) is 6.42 Å². The number of aryl methyl sites for hydroxylation is 1. The van der Waals surface area contributed by atoms with E-state index in [9.17, 15) is 9.18 Å². The predicted octanol–water partition coefficient (Wildman–Crippen LogP) is 2.08. The summed E-state index contributed by atoms with van der Waals surface area (Å²) in [6.45, 7) is 2.00. The molecular formula is C15H16FN3O. The van der Waals surface area contributed by atoms with Crippen LogP contribution in [0, 0.1) is 12.7 Å². The molecule has 20 heavy (non-hydrogen) atoms. The monoisotopic (exact) mass is 273 g/mol. The molecule has 4 nitrogen and oxygen atoms in total. The summed E-state index contributed by atoms with van der Waals surface area (Å²) in [5, 5.41) is 2.68. The highest BCUT2D eigenvalue weighted by atomic mass is 19.1. The van der Waals surface area contributed by atoms with Crippen molar-refractivity contribution >= 4 is 11.6 Å². The molecule has 0 saturated heterocycles. The highest BCUT2D eigenvalue weighted by molar-refractivity contribution is 5.95. The molecule has 2 aromatic rings. The number of aromatic nitrogens is 1. The van der Waals surface area contributed by atoms with E-state index in [-0.39, 0.29) is 5.56 Å². The molecule has 5 heteroatoms. The molecule has 2 rings (SSSR count). The van der Waals surface area contributed by atoms with Crippen molar-refractivity contribution in [3.63, 3.8) is 0 Å². The lowest BCUT2D eigenvalue weighted by atomic mass is 10.1. The van der Waals surface area contributed by atoms with Crippen molar-refractivity contribution in [2.24, 2.45) is 0 Å². The van der Waals surface area contributed by atoms with Gasteiger partial charge in [-0.1, -0.05) is 6.07 Å². The van der Waals surface area contributed by atoms with Crippen LogP contribution in [0.4, 0.5) is 10.1 Å². The second-order valence-corrected chi connectivity index (χ2v) is 4.57. The first-order valence-corrected chi connectivity index (χ1v) is 6.30. The maximum absolute atomic E-state index is 13.9. The molecule has 0 radical (unpaired) electrons. The number of carbonyl (C=O) groups is 1. The lowest BCUT2D eigenvalue weighted by Crippen LogP contribution is -2.27. The van der Waals surface area contributed by atoms with Gasteiger partial charge in [-0.25, -0.2) is 4.39 Å². The topological polar surface area (TPSA) is 68.0 Å². The standard InChI is InChI=1S/C15H16FN3O/c1-10-7-12(17)8-13(14(10)16)15(20)19-6-4-11-3-2-5-18-9-11/h2-3,5,7-9H,4,6,17H2,1H3,(H,19,20). The maximum Gasteiger partial charge on any atom is 0.254 e. The van der Waals surface area contributed by atoms with Crippen LogP contribution < -0.4 is 11.1 Å². The van der Waals surface area contributed by atoms with Crippen molar-refractivity contribution in [2.75, 3.05) is 12.3 Å². The largest absolute Gasteiger partial charge is 0.399 e. The number of anilines is 1. The van der Waals surface area contributed by atoms with Gasteiger partial charge in [-0.05, 0) is 42.7 Å². The fourth-order valence-corrected chi connectivity index (χ4v) is 1.92. The second kappa shape index (κ2) is 6.14. The molecule has 1 aromatic heterocycles. The Kier molecular flexibility index (Phi) is 4.30. The summed E-state index contributed by atoms with van der Waals surface area (Å²) in [4.78, 5) is 15.9. The Labute approximate surface area is 116 Å². The van der Waals surface area contributed by atoms with Crippen LogP contribution >= 0.6 is 0 Å². The fraction of sp³-hybridized carbons (Fsp3) is 0.200. The zero-order valence-corrected chi connectivity index (χ0v) is 11.2. The average Bonchev–Trinajstić information content (AvgIpc) is 2.44. The molecule has 1 aromatic carbocycles. The number of pyridine rings is 1. The number of hydrogen-bond donors (Lipinski definition) is 2. The van der Waals surface area contributed by atoms with E-state index in [0.29, 0.717) is 24.2 Å². The first kappa shape index (κ1) is 14.0. The third kappa shape index (κ3) is 3.32. The molecule has 0 unspecified atom stereocenters. The van der Waals surface area contributed by atoms with Gasteiger partial charge < -0.3 is 11.1 Å². The molecule has 0 aliphatic heterocycles. The molecule has 0 bridgehead atoms. The lowest BCUT2D eigenvalue weighted by molar-refractivity contribution is 0.0950. The summed E-state index contributed by atoms with van der Waals surface area (Å²) in [6.07, 6.45) is 4.06. The molecule has 0 spiro atoms. The number of amides is 1. The first-order valence-electron chi connectivity index (χ1n) is 6.30. The summed E-state index contributed by atoms with van der Waals surface area (Å²) in [6, 6.07) is 6.60. The van der Waals surface area contributed by atoms with Crippen LogP contribution in [0.3, 0.4) is 0 Å². The number of nitrogens with zero attached hydrogens (tertiary/aromatic N) is 1. The number of nitrogens with two attached hydrogens (primary N) is 1. The smallest absolute Gasteiger partial charge is 0.254 e. The minimum Gasteiger partial charge on any atom is -0.399 e. The molecule has 1 heterocycles. The summed E-state index contributed by atoms with van der Waals surface area (Å²) >= 11 is 0. The fourth-order valence-electron chi connectivity index (χ4n) is 1.92. The maximum atomic E-state index is 13.9. The molecule has 0 fully saturated rings. The summed E-state index contributed by atoms with van der Waals surface area (Å²) in [7, 11) is 0. The molecule has 104 valence electrons. The normalized spacial score (nSPS) is 10.3. The van der Waals surface area contributed by atoms with Crippen LogP contribution in [0.2, 0.25) is 0 Å². The van der Waals surface area contributed by atoms with E-state index >= 15 is 0 Å².